The summed E-state index contributed by atoms with van der Waals surface area (Å²) in [7, 11) is 0. The predicted octanol–water partition coefficient (Wildman–Crippen LogP) is 17.6. The van der Waals surface area contributed by atoms with E-state index in [0.717, 1.165) is 55.0 Å². The number of hydrogen-bond acceptors (Lipinski definition) is 4. The van der Waals surface area contributed by atoms with E-state index in [4.69, 9.17) is 9.97 Å². The molecule has 5 aromatic heterocycles. The fourth-order valence-electron chi connectivity index (χ4n) is 10.7. The van der Waals surface area contributed by atoms with E-state index in [-0.39, 0.29) is 0 Å². The van der Waals surface area contributed by atoms with Crippen LogP contribution in [0.1, 0.15) is 13.8 Å². The normalized spacial score (nSPS) is 12.1. The molecule has 0 N–H and O–H groups in total. The van der Waals surface area contributed by atoms with Crippen LogP contribution >= 0.6 is 22.7 Å². The molecule has 0 unspecified atom stereocenters. The van der Waals surface area contributed by atoms with Gasteiger partial charge in [-0.2, -0.15) is 0 Å². The Morgan fingerprint density at radius 3 is 1.71 bits per heavy atom. The summed E-state index contributed by atoms with van der Waals surface area (Å²) in [5.41, 5.74) is 8.52. The van der Waals surface area contributed by atoms with Crippen molar-refractivity contribution >= 4 is 139 Å². The lowest BCUT2D eigenvalue weighted by atomic mass is 9.97. The van der Waals surface area contributed by atoms with Gasteiger partial charge in [-0.1, -0.05) is 147 Å². The highest BCUT2D eigenvalue weighted by molar-refractivity contribution is 7.27. The van der Waals surface area contributed by atoms with Crippen molar-refractivity contribution in [1.82, 2.24) is 19.1 Å². The maximum atomic E-state index is 5.80. The first-order valence-corrected chi connectivity index (χ1v) is 24.3. The minimum Gasteiger partial charge on any atom is -0.309 e. The summed E-state index contributed by atoms with van der Waals surface area (Å²) in [5.74, 6) is 0.828. The zero-order chi connectivity index (χ0) is 43.6. The lowest BCUT2D eigenvalue weighted by molar-refractivity contribution is 1.09. The predicted molar refractivity (Wildman–Crippen MR) is 286 cm³/mol. The lowest BCUT2D eigenvalue weighted by Crippen LogP contribution is -2.03. The quantitative estimate of drug-likeness (QED) is 0.166. The SMILES string of the molecule is CC.c1ccc(-n2c3ccccc3c3cc(-c4nc5sc6cc7ccccc7cc6c5nc4-n4c5ccccc5c5cc6c(cc54)sc4c5ccccc5c5ccccc5c64)ccc32)cc1. The maximum Gasteiger partial charge on any atom is 0.165 e. The third-order valence-electron chi connectivity index (χ3n) is 13.5. The molecule has 0 amide bonds. The Balaban J connectivity index is 0.00000205. The second-order valence-corrected chi connectivity index (χ2v) is 19.0. The number of para-hydroxylation sites is 3. The number of fused-ring (bicyclic) bond motifs is 18. The summed E-state index contributed by atoms with van der Waals surface area (Å²) < 4.78 is 8.54. The average Bonchev–Trinajstić information content (AvgIpc) is 4.12. The van der Waals surface area contributed by atoms with E-state index < -0.39 is 0 Å². The van der Waals surface area contributed by atoms with Crippen LogP contribution in [-0.2, 0) is 0 Å². The first-order valence-electron chi connectivity index (χ1n) is 22.6. The minimum absolute atomic E-state index is 0.828. The van der Waals surface area contributed by atoms with Crippen molar-refractivity contribution in [1.29, 1.82) is 0 Å². The molecule has 5 heterocycles. The molecule has 0 spiro atoms. The van der Waals surface area contributed by atoms with E-state index >= 15 is 0 Å². The van der Waals surface area contributed by atoms with Gasteiger partial charge in [-0.15, -0.1) is 22.7 Å². The third-order valence-corrected chi connectivity index (χ3v) is 15.7. The first kappa shape index (κ1) is 37.5. The molecule has 4 nitrogen and oxygen atoms in total. The summed E-state index contributed by atoms with van der Waals surface area (Å²) in [6.45, 7) is 4.00. The Morgan fingerprint density at radius 2 is 0.955 bits per heavy atom. The molecule has 66 heavy (non-hydrogen) atoms. The molecule has 6 heteroatoms. The summed E-state index contributed by atoms with van der Waals surface area (Å²) in [5, 5.41) is 16.1. The van der Waals surface area contributed by atoms with Gasteiger partial charge in [0.15, 0.2) is 5.82 Å². The van der Waals surface area contributed by atoms with Gasteiger partial charge in [0, 0.05) is 68.4 Å². The zero-order valence-corrected chi connectivity index (χ0v) is 37.7. The van der Waals surface area contributed by atoms with E-state index in [1.165, 1.54) is 84.3 Å². The molecular weight excluding hydrogens is 841 g/mol. The fourth-order valence-corrected chi connectivity index (χ4v) is 13.0. The number of thiophene rings is 2. The molecule has 0 aliphatic heterocycles. The van der Waals surface area contributed by atoms with Crippen LogP contribution in [0, 0.1) is 0 Å². The molecule has 0 radical (unpaired) electrons. The van der Waals surface area contributed by atoms with E-state index in [1.54, 1.807) is 11.3 Å². The lowest BCUT2D eigenvalue weighted by Gasteiger charge is -2.13. The van der Waals surface area contributed by atoms with Crippen molar-refractivity contribution in [3.8, 4) is 22.8 Å². The van der Waals surface area contributed by atoms with Crippen molar-refractivity contribution < 1.29 is 0 Å². The van der Waals surface area contributed by atoms with Crippen LogP contribution in [0.3, 0.4) is 0 Å². The Labute approximate surface area is 386 Å². The van der Waals surface area contributed by atoms with E-state index in [9.17, 15) is 0 Å². The molecule has 15 aromatic rings. The summed E-state index contributed by atoms with van der Waals surface area (Å²) in [6.07, 6.45) is 0. The zero-order valence-electron chi connectivity index (χ0n) is 36.1. The van der Waals surface area contributed by atoms with Gasteiger partial charge in [0.2, 0.25) is 0 Å². The molecular formula is C60H38N4S2. The molecule has 0 bridgehead atoms. The van der Waals surface area contributed by atoms with Crippen LogP contribution in [0.5, 0.6) is 0 Å². The van der Waals surface area contributed by atoms with Gasteiger partial charge in [-0.05, 0) is 87.6 Å². The number of aromatic nitrogens is 4. The first-order chi connectivity index (χ1) is 32.7. The highest BCUT2D eigenvalue weighted by atomic mass is 32.1. The summed E-state index contributed by atoms with van der Waals surface area (Å²) >= 11 is 3.62. The van der Waals surface area contributed by atoms with Crippen molar-refractivity contribution in [3.05, 3.63) is 194 Å². The second kappa shape index (κ2) is 14.3. The number of rotatable bonds is 3. The van der Waals surface area contributed by atoms with Gasteiger partial charge in [-0.25, -0.2) is 9.97 Å². The number of nitrogens with zero attached hydrogens (tertiary/aromatic N) is 4. The Hall–Kier alpha value is -7.90. The minimum atomic E-state index is 0.828. The monoisotopic (exact) mass is 878 g/mol. The highest BCUT2D eigenvalue weighted by Crippen LogP contribution is 2.48. The Kier molecular flexibility index (Phi) is 8.12. The van der Waals surface area contributed by atoms with Gasteiger partial charge in [-0.3, -0.25) is 4.57 Å². The third kappa shape index (κ3) is 5.25. The summed E-state index contributed by atoms with van der Waals surface area (Å²) in [6, 6.07) is 70.9. The molecule has 0 fully saturated rings. The fraction of sp³-hybridized carbons (Fsp3) is 0.0333. The van der Waals surface area contributed by atoms with E-state index in [2.05, 4.69) is 203 Å². The van der Waals surface area contributed by atoms with Crippen molar-refractivity contribution in [2.45, 2.75) is 13.8 Å². The topological polar surface area (TPSA) is 35.6 Å². The second-order valence-electron chi connectivity index (χ2n) is 16.9. The van der Waals surface area contributed by atoms with Crippen molar-refractivity contribution in [2.24, 2.45) is 0 Å². The van der Waals surface area contributed by atoms with Crippen LogP contribution in [0.2, 0.25) is 0 Å². The van der Waals surface area contributed by atoms with Crippen LogP contribution in [-0.4, -0.2) is 19.1 Å². The van der Waals surface area contributed by atoms with Crippen molar-refractivity contribution in [2.75, 3.05) is 0 Å². The average molecular weight is 879 g/mol. The van der Waals surface area contributed by atoms with Gasteiger partial charge >= 0.3 is 0 Å². The number of hydrogen-bond donors (Lipinski definition) is 0. The number of benzene rings is 10. The smallest absolute Gasteiger partial charge is 0.165 e. The largest absolute Gasteiger partial charge is 0.309 e. The van der Waals surface area contributed by atoms with Crippen LogP contribution in [0.4, 0.5) is 0 Å². The van der Waals surface area contributed by atoms with Gasteiger partial charge in [0.1, 0.15) is 16.0 Å². The molecule has 0 aliphatic rings. The molecule has 0 atom stereocenters. The molecule has 0 saturated heterocycles. The summed E-state index contributed by atoms with van der Waals surface area (Å²) in [4.78, 5) is 12.4. The Morgan fingerprint density at radius 1 is 0.379 bits per heavy atom. The van der Waals surface area contributed by atoms with Gasteiger partial charge in [0.05, 0.1) is 22.1 Å². The van der Waals surface area contributed by atoms with Crippen LogP contribution in [0.25, 0.3) is 139 Å². The Bertz CT molecular complexity index is 4490. The highest BCUT2D eigenvalue weighted by Gasteiger charge is 2.24. The molecule has 10 aromatic carbocycles. The van der Waals surface area contributed by atoms with Gasteiger partial charge in [0.25, 0.3) is 0 Å². The molecule has 0 saturated carbocycles. The van der Waals surface area contributed by atoms with Gasteiger partial charge < -0.3 is 4.57 Å². The van der Waals surface area contributed by atoms with E-state index in [0.29, 0.717) is 0 Å². The molecule has 310 valence electrons. The standard InChI is InChI=1S/C58H32N4S2.C2H6/c1-2-16-36(17-3-1)61-47-24-12-10-20-39(47)43-29-35(26-27-49(43)61)54-57(59-55-46-28-33-14-4-5-15-34(33)30-51(46)64-58(55)60-54)62-48-25-13-11-21-40(48)44-31-45-52(32-50(44)62)63-56-42-23-9-7-19-38(42)37-18-6-8-22-41(37)53(45)56;1-2/h1-32H;1-2H3. The van der Waals surface area contributed by atoms with Crippen LogP contribution < -0.4 is 0 Å². The van der Waals surface area contributed by atoms with Crippen molar-refractivity contribution in [3.63, 3.8) is 0 Å². The molecule has 15 rings (SSSR count). The van der Waals surface area contributed by atoms with Crippen LogP contribution in [0.15, 0.2) is 194 Å². The molecule has 0 aliphatic carbocycles. The maximum absolute atomic E-state index is 5.80. The van der Waals surface area contributed by atoms with E-state index in [1.807, 2.05) is 25.2 Å².